The van der Waals surface area contributed by atoms with Crippen LogP contribution in [0.15, 0.2) is 22.7 Å². The van der Waals surface area contributed by atoms with Gasteiger partial charge < -0.3 is 9.64 Å². The lowest BCUT2D eigenvalue weighted by atomic mass is 10.2. The summed E-state index contributed by atoms with van der Waals surface area (Å²) in [6.45, 7) is 1.85. The van der Waals surface area contributed by atoms with Crippen LogP contribution in [0.2, 0.25) is 0 Å². The number of carbonyl (C=O) groups is 2. The summed E-state index contributed by atoms with van der Waals surface area (Å²) in [5.41, 5.74) is 0.317. The normalized spacial score (nSPS) is 27.1. The summed E-state index contributed by atoms with van der Waals surface area (Å²) < 4.78 is 19.6. The molecule has 0 spiro atoms. The van der Waals surface area contributed by atoms with E-state index in [4.69, 9.17) is 4.74 Å². The van der Waals surface area contributed by atoms with Crippen molar-refractivity contribution in [3.05, 3.63) is 34.1 Å². The number of fused-ring (bicyclic) bond motifs is 1. The minimum Gasteiger partial charge on any atom is -0.459 e. The number of rotatable bonds is 3. The maximum absolute atomic E-state index is 13.7. The average molecular weight is 388 g/mol. The molecule has 0 unspecified atom stereocenters. The predicted octanol–water partition coefficient (Wildman–Crippen LogP) is 3.09. The average Bonchev–Trinajstić information content (AvgIpc) is 2.95. The Morgan fingerprint density at radius 1 is 1.59 bits per heavy atom. The topological polar surface area (TPSA) is 46.6 Å². The Labute approximate surface area is 140 Å². The molecule has 0 radical (unpaired) electrons. The van der Waals surface area contributed by atoms with Crippen LogP contribution in [0.1, 0.15) is 25.3 Å². The first-order valence-corrected chi connectivity index (χ1v) is 8.75. The molecule has 2 aliphatic heterocycles. The van der Waals surface area contributed by atoms with Crippen molar-refractivity contribution in [3.8, 4) is 0 Å². The Bertz CT molecular complexity index is 641. The number of carbonyl (C=O) groups excluding carboxylic acids is 2. The van der Waals surface area contributed by atoms with Crippen molar-refractivity contribution >= 4 is 39.6 Å². The highest BCUT2D eigenvalue weighted by Crippen LogP contribution is 2.47. The number of amides is 1. The number of hydrogen-bond donors (Lipinski definition) is 0. The minimum absolute atomic E-state index is 0.00993. The molecule has 0 aromatic heterocycles. The van der Waals surface area contributed by atoms with E-state index >= 15 is 0 Å². The van der Waals surface area contributed by atoms with Gasteiger partial charge in [-0.1, -0.05) is 22.0 Å². The Kier molecular flexibility index (Phi) is 4.20. The van der Waals surface area contributed by atoms with Gasteiger partial charge in [-0.3, -0.25) is 4.79 Å². The SMILES string of the molecule is C[C@]12CCC(=O)N1[C@H](C(=O)OCc1ccc(Br)cc1F)CS2. The second kappa shape index (κ2) is 5.85. The number of nitrogens with zero attached hydrogens (tertiary/aromatic N) is 1. The molecule has 1 aromatic carbocycles. The standard InChI is InChI=1S/C15H15BrFNO3S/c1-15-5-4-13(19)18(15)12(8-22-15)14(20)21-7-9-2-3-10(16)6-11(9)17/h2-3,6,12H,4-5,7-8H2,1H3/t12-,15-/m0/s1. The van der Waals surface area contributed by atoms with Gasteiger partial charge >= 0.3 is 5.97 Å². The molecule has 4 nitrogen and oxygen atoms in total. The van der Waals surface area contributed by atoms with E-state index in [1.807, 2.05) is 6.92 Å². The van der Waals surface area contributed by atoms with Gasteiger partial charge in [-0.25, -0.2) is 9.18 Å². The summed E-state index contributed by atoms with van der Waals surface area (Å²) in [4.78, 5) is 25.6. The molecule has 0 bridgehead atoms. The fourth-order valence-corrected chi connectivity index (χ4v) is 4.63. The van der Waals surface area contributed by atoms with E-state index in [2.05, 4.69) is 15.9 Å². The first kappa shape index (κ1) is 15.8. The number of hydrogen-bond acceptors (Lipinski definition) is 4. The van der Waals surface area contributed by atoms with E-state index in [1.54, 1.807) is 28.8 Å². The van der Waals surface area contributed by atoms with Gasteiger partial charge in [-0.2, -0.15) is 0 Å². The molecule has 0 N–H and O–H groups in total. The van der Waals surface area contributed by atoms with Crippen molar-refractivity contribution < 1.29 is 18.7 Å². The molecule has 1 aromatic rings. The van der Waals surface area contributed by atoms with Crippen LogP contribution in [-0.4, -0.2) is 33.4 Å². The van der Waals surface area contributed by atoms with Crippen LogP contribution in [0.4, 0.5) is 4.39 Å². The van der Waals surface area contributed by atoms with Crippen LogP contribution in [0.25, 0.3) is 0 Å². The van der Waals surface area contributed by atoms with Gasteiger partial charge in [0.15, 0.2) is 0 Å². The number of benzene rings is 1. The van der Waals surface area contributed by atoms with E-state index in [0.717, 1.165) is 6.42 Å². The fourth-order valence-electron chi connectivity index (χ4n) is 2.88. The molecular formula is C15H15BrFNO3S. The van der Waals surface area contributed by atoms with Crippen molar-refractivity contribution in [1.82, 2.24) is 4.90 Å². The van der Waals surface area contributed by atoms with Gasteiger partial charge in [-0.05, 0) is 25.5 Å². The van der Waals surface area contributed by atoms with Crippen molar-refractivity contribution in [2.45, 2.75) is 37.3 Å². The van der Waals surface area contributed by atoms with Gasteiger partial charge in [0.2, 0.25) is 5.91 Å². The quantitative estimate of drug-likeness (QED) is 0.747. The number of thioether (sulfide) groups is 1. The minimum atomic E-state index is -0.566. The van der Waals surface area contributed by atoms with Crippen LogP contribution < -0.4 is 0 Å². The van der Waals surface area contributed by atoms with Gasteiger partial charge in [0.25, 0.3) is 0 Å². The van der Waals surface area contributed by atoms with Crippen LogP contribution in [0, 0.1) is 5.82 Å². The van der Waals surface area contributed by atoms with Gasteiger partial charge in [0.1, 0.15) is 18.5 Å². The zero-order valence-corrected chi connectivity index (χ0v) is 14.4. The molecule has 0 saturated carbocycles. The summed E-state index contributed by atoms with van der Waals surface area (Å²) in [5.74, 6) is -0.368. The third-order valence-corrected chi connectivity index (χ3v) is 6.10. The van der Waals surface area contributed by atoms with Crippen LogP contribution in [0.3, 0.4) is 0 Å². The Balaban J connectivity index is 1.66. The maximum Gasteiger partial charge on any atom is 0.330 e. The highest BCUT2D eigenvalue weighted by molar-refractivity contribution is 9.10. The number of halogens is 2. The summed E-state index contributed by atoms with van der Waals surface area (Å²) in [7, 11) is 0. The highest BCUT2D eigenvalue weighted by atomic mass is 79.9. The zero-order valence-electron chi connectivity index (χ0n) is 12.0. The van der Waals surface area contributed by atoms with Crippen LogP contribution in [-0.2, 0) is 20.9 Å². The van der Waals surface area contributed by atoms with Crippen molar-refractivity contribution in [2.24, 2.45) is 0 Å². The maximum atomic E-state index is 13.7. The number of ether oxygens (including phenoxy) is 1. The Hall–Kier alpha value is -1.08. The van der Waals surface area contributed by atoms with Crippen molar-refractivity contribution in [1.29, 1.82) is 0 Å². The highest BCUT2D eigenvalue weighted by Gasteiger charge is 2.53. The Morgan fingerprint density at radius 3 is 3.09 bits per heavy atom. The molecule has 2 saturated heterocycles. The molecule has 2 fully saturated rings. The lowest BCUT2D eigenvalue weighted by Gasteiger charge is -2.29. The molecule has 22 heavy (non-hydrogen) atoms. The third-order valence-electron chi connectivity index (χ3n) is 4.10. The molecular weight excluding hydrogens is 373 g/mol. The van der Waals surface area contributed by atoms with Crippen LogP contribution >= 0.6 is 27.7 Å². The Morgan fingerprint density at radius 2 is 2.36 bits per heavy atom. The van der Waals surface area contributed by atoms with Gasteiger partial charge in [0, 0.05) is 22.2 Å². The van der Waals surface area contributed by atoms with Gasteiger partial charge in [-0.15, -0.1) is 11.8 Å². The van der Waals surface area contributed by atoms with E-state index in [1.165, 1.54) is 6.07 Å². The molecule has 2 heterocycles. The molecule has 118 valence electrons. The first-order valence-electron chi connectivity index (χ1n) is 6.97. The van der Waals surface area contributed by atoms with Crippen molar-refractivity contribution in [3.63, 3.8) is 0 Å². The van der Waals surface area contributed by atoms with E-state index in [0.29, 0.717) is 22.2 Å². The monoisotopic (exact) mass is 387 g/mol. The molecule has 1 amide bonds. The smallest absolute Gasteiger partial charge is 0.330 e. The summed E-state index contributed by atoms with van der Waals surface area (Å²) >= 11 is 4.78. The first-order chi connectivity index (χ1) is 10.4. The molecule has 2 atom stereocenters. The summed E-state index contributed by atoms with van der Waals surface area (Å²) in [5, 5.41) is 0. The van der Waals surface area contributed by atoms with Crippen LogP contribution in [0.5, 0.6) is 0 Å². The zero-order chi connectivity index (χ0) is 15.9. The predicted molar refractivity (Wildman–Crippen MR) is 84.6 cm³/mol. The molecule has 7 heteroatoms. The molecule has 0 aliphatic carbocycles. The molecule has 2 aliphatic rings. The second-order valence-corrected chi connectivity index (χ2v) is 8.03. The second-order valence-electron chi connectivity index (χ2n) is 5.61. The fraction of sp³-hybridized carbons (Fsp3) is 0.467. The number of esters is 1. The van der Waals surface area contributed by atoms with E-state index in [9.17, 15) is 14.0 Å². The lowest BCUT2D eigenvalue weighted by molar-refractivity contribution is -0.154. The summed E-state index contributed by atoms with van der Waals surface area (Å²) in [6.07, 6.45) is 1.22. The third kappa shape index (κ3) is 2.76. The van der Waals surface area contributed by atoms with Gasteiger partial charge in [0.05, 0.1) is 4.87 Å². The largest absolute Gasteiger partial charge is 0.459 e. The summed E-state index contributed by atoms with van der Waals surface area (Å²) in [6, 6.07) is 4.03. The lowest BCUT2D eigenvalue weighted by Crippen LogP contribution is -2.46. The van der Waals surface area contributed by atoms with E-state index in [-0.39, 0.29) is 17.4 Å². The van der Waals surface area contributed by atoms with E-state index < -0.39 is 17.8 Å². The van der Waals surface area contributed by atoms with Crippen molar-refractivity contribution in [2.75, 3.05) is 5.75 Å². The molecule has 3 rings (SSSR count).